The van der Waals surface area contributed by atoms with E-state index in [1.54, 1.807) is 6.26 Å². The van der Waals surface area contributed by atoms with Crippen molar-refractivity contribution >= 4 is 16.9 Å². The average Bonchev–Trinajstić information content (AvgIpc) is 2.28. The molecular formula is C14H28N2O3S. The third kappa shape index (κ3) is 7.85. The largest absolute Gasteiger partial charge is 0.444 e. The third-order valence-electron chi connectivity index (χ3n) is 3.27. The van der Waals surface area contributed by atoms with Crippen LogP contribution in [-0.4, -0.2) is 46.5 Å². The molecule has 5 nitrogen and oxygen atoms in total. The first-order valence-electron chi connectivity index (χ1n) is 7.29. The molecule has 1 amide bonds. The van der Waals surface area contributed by atoms with Gasteiger partial charge in [-0.2, -0.15) is 0 Å². The summed E-state index contributed by atoms with van der Waals surface area (Å²) in [6, 6.07) is 0.693. The van der Waals surface area contributed by atoms with Gasteiger partial charge < -0.3 is 15.4 Å². The Morgan fingerprint density at radius 1 is 1.20 bits per heavy atom. The van der Waals surface area contributed by atoms with Crippen molar-refractivity contribution < 1.29 is 13.7 Å². The zero-order valence-electron chi connectivity index (χ0n) is 13.0. The molecule has 0 radical (unpaired) electrons. The summed E-state index contributed by atoms with van der Waals surface area (Å²) in [5, 5.41) is 6.36. The first-order valence-corrected chi connectivity index (χ1v) is 9.02. The minimum Gasteiger partial charge on any atom is -0.444 e. The SMILES string of the molecule is CS(=O)CCNC1CCC(NC(=O)OC(C)(C)C)CC1. The van der Waals surface area contributed by atoms with E-state index < -0.39 is 16.4 Å². The Morgan fingerprint density at radius 2 is 1.75 bits per heavy atom. The molecule has 0 bridgehead atoms. The molecule has 0 aliphatic heterocycles. The maximum atomic E-state index is 11.7. The highest BCUT2D eigenvalue weighted by atomic mass is 32.2. The second-order valence-corrected chi connectivity index (χ2v) is 7.98. The number of hydrogen-bond acceptors (Lipinski definition) is 4. The van der Waals surface area contributed by atoms with Crippen LogP contribution in [0, 0.1) is 0 Å². The lowest BCUT2D eigenvalue weighted by Gasteiger charge is -2.30. The molecule has 20 heavy (non-hydrogen) atoms. The van der Waals surface area contributed by atoms with Crippen LogP contribution < -0.4 is 10.6 Å². The summed E-state index contributed by atoms with van der Waals surface area (Å²) < 4.78 is 16.2. The van der Waals surface area contributed by atoms with Gasteiger partial charge in [0.05, 0.1) is 0 Å². The van der Waals surface area contributed by atoms with Crippen LogP contribution in [0.5, 0.6) is 0 Å². The second kappa shape index (κ2) is 7.98. The highest BCUT2D eigenvalue weighted by Crippen LogP contribution is 2.19. The van der Waals surface area contributed by atoms with Gasteiger partial charge in [-0.1, -0.05) is 0 Å². The van der Waals surface area contributed by atoms with E-state index in [9.17, 15) is 9.00 Å². The van der Waals surface area contributed by atoms with Crippen molar-refractivity contribution in [1.82, 2.24) is 10.6 Å². The molecule has 0 aromatic heterocycles. The lowest BCUT2D eigenvalue weighted by atomic mass is 9.91. The summed E-state index contributed by atoms with van der Waals surface area (Å²) in [5.41, 5.74) is -0.446. The van der Waals surface area contributed by atoms with Gasteiger partial charge in [-0.05, 0) is 46.5 Å². The molecular weight excluding hydrogens is 276 g/mol. The highest BCUT2D eigenvalue weighted by molar-refractivity contribution is 7.84. The van der Waals surface area contributed by atoms with Crippen molar-refractivity contribution in [3.05, 3.63) is 0 Å². The van der Waals surface area contributed by atoms with Crippen molar-refractivity contribution in [3.8, 4) is 0 Å². The fourth-order valence-electron chi connectivity index (χ4n) is 2.32. The molecule has 0 aromatic rings. The Kier molecular flexibility index (Phi) is 6.95. The first-order chi connectivity index (χ1) is 9.26. The van der Waals surface area contributed by atoms with Crippen LogP contribution in [0.2, 0.25) is 0 Å². The molecule has 1 atom stereocenters. The number of carbonyl (C=O) groups is 1. The molecule has 1 aliphatic carbocycles. The molecule has 0 saturated heterocycles. The third-order valence-corrected chi connectivity index (χ3v) is 4.05. The van der Waals surface area contributed by atoms with E-state index in [1.807, 2.05) is 20.8 Å². The molecule has 1 fully saturated rings. The van der Waals surface area contributed by atoms with Crippen molar-refractivity contribution in [2.24, 2.45) is 0 Å². The van der Waals surface area contributed by atoms with E-state index in [2.05, 4.69) is 10.6 Å². The minimum atomic E-state index is -0.731. The van der Waals surface area contributed by atoms with Gasteiger partial charge in [0.15, 0.2) is 0 Å². The summed E-state index contributed by atoms with van der Waals surface area (Å²) in [4.78, 5) is 11.7. The van der Waals surface area contributed by atoms with Gasteiger partial charge in [0.1, 0.15) is 5.60 Å². The van der Waals surface area contributed by atoms with Crippen molar-refractivity contribution in [2.45, 2.75) is 64.1 Å². The molecule has 118 valence electrons. The van der Waals surface area contributed by atoms with Gasteiger partial charge in [0.2, 0.25) is 0 Å². The minimum absolute atomic E-state index is 0.211. The van der Waals surface area contributed by atoms with E-state index in [0.717, 1.165) is 32.2 Å². The molecule has 1 saturated carbocycles. The molecule has 0 heterocycles. The molecule has 1 aliphatic rings. The second-order valence-electron chi connectivity index (χ2n) is 6.43. The zero-order valence-corrected chi connectivity index (χ0v) is 13.8. The predicted molar refractivity (Wildman–Crippen MR) is 82.3 cm³/mol. The van der Waals surface area contributed by atoms with Crippen LogP contribution in [0.4, 0.5) is 4.79 Å². The lowest BCUT2D eigenvalue weighted by Crippen LogP contribution is -2.44. The summed E-state index contributed by atoms with van der Waals surface area (Å²) in [6.45, 7) is 6.40. The highest BCUT2D eigenvalue weighted by Gasteiger charge is 2.24. The van der Waals surface area contributed by atoms with Crippen LogP contribution in [0.1, 0.15) is 46.5 Å². The topological polar surface area (TPSA) is 67.4 Å². The maximum absolute atomic E-state index is 11.7. The summed E-state index contributed by atoms with van der Waals surface area (Å²) >= 11 is 0. The van der Waals surface area contributed by atoms with Crippen LogP contribution in [0.15, 0.2) is 0 Å². The Morgan fingerprint density at radius 3 is 2.25 bits per heavy atom. The number of rotatable bonds is 5. The summed E-state index contributed by atoms with van der Waals surface area (Å²) in [6.07, 6.45) is 5.41. The average molecular weight is 304 g/mol. The van der Waals surface area contributed by atoms with Gasteiger partial charge in [-0.15, -0.1) is 0 Å². The Bertz CT molecular complexity index is 334. The maximum Gasteiger partial charge on any atom is 0.407 e. The Hall–Kier alpha value is -0.620. The van der Waals surface area contributed by atoms with E-state index in [4.69, 9.17) is 4.74 Å². The molecule has 6 heteroatoms. The fraction of sp³-hybridized carbons (Fsp3) is 0.929. The molecule has 1 rings (SSSR count). The Balaban J connectivity index is 2.18. The van der Waals surface area contributed by atoms with E-state index in [0.29, 0.717) is 11.8 Å². The van der Waals surface area contributed by atoms with Gasteiger partial charge in [-0.25, -0.2) is 4.79 Å². The van der Waals surface area contributed by atoms with Gasteiger partial charge in [-0.3, -0.25) is 4.21 Å². The number of nitrogens with one attached hydrogen (secondary N) is 2. The first kappa shape index (κ1) is 17.4. The normalized spacial score (nSPS) is 25.0. The zero-order chi connectivity index (χ0) is 15.2. The lowest BCUT2D eigenvalue weighted by molar-refractivity contribution is 0.0490. The molecule has 0 aromatic carbocycles. The quantitative estimate of drug-likeness (QED) is 0.812. The van der Waals surface area contributed by atoms with Crippen molar-refractivity contribution in [1.29, 1.82) is 0 Å². The van der Waals surface area contributed by atoms with E-state index in [1.165, 1.54) is 0 Å². The van der Waals surface area contributed by atoms with Crippen LogP contribution in [0.3, 0.4) is 0 Å². The predicted octanol–water partition coefficient (Wildman–Crippen LogP) is 1.79. The van der Waals surface area contributed by atoms with Gasteiger partial charge >= 0.3 is 6.09 Å². The van der Waals surface area contributed by atoms with Crippen LogP contribution >= 0.6 is 0 Å². The van der Waals surface area contributed by atoms with Crippen LogP contribution in [-0.2, 0) is 15.5 Å². The van der Waals surface area contributed by atoms with E-state index >= 15 is 0 Å². The van der Waals surface area contributed by atoms with Gasteiger partial charge in [0.25, 0.3) is 0 Å². The number of alkyl carbamates (subject to hydrolysis) is 1. The number of hydrogen-bond donors (Lipinski definition) is 2. The number of ether oxygens (including phenoxy) is 1. The number of carbonyl (C=O) groups excluding carboxylic acids is 1. The standard InChI is InChI=1S/C14H28N2O3S/c1-14(2,3)19-13(17)16-12-7-5-11(6-8-12)15-9-10-20(4)18/h11-12,15H,5-10H2,1-4H3,(H,16,17). The summed E-state index contributed by atoms with van der Waals surface area (Å²) in [7, 11) is -0.731. The van der Waals surface area contributed by atoms with Gasteiger partial charge in [0, 0.05) is 41.4 Å². The number of amides is 1. The molecule has 2 N–H and O–H groups in total. The molecule has 1 unspecified atom stereocenters. The summed E-state index contributed by atoms with van der Waals surface area (Å²) in [5.74, 6) is 0.704. The fourth-order valence-corrected chi connectivity index (χ4v) is 2.73. The molecule has 0 spiro atoms. The van der Waals surface area contributed by atoms with Crippen LogP contribution in [0.25, 0.3) is 0 Å². The van der Waals surface area contributed by atoms with Crippen molar-refractivity contribution in [3.63, 3.8) is 0 Å². The Labute approximate surface area is 124 Å². The van der Waals surface area contributed by atoms with E-state index in [-0.39, 0.29) is 12.1 Å². The smallest absolute Gasteiger partial charge is 0.407 e. The van der Waals surface area contributed by atoms with Crippen molar-refractivity contribution in [2.75, 3.05) is 18.6 Å². The monoisotopic (exact) mass is 304 g/mol.